The van der Waals surface area contributed by atoms with Crippen LogP contribution < -0.4 is 5.32 Å². The zero-order valence-corrected chi connectivity index (χ0v) is 7.46. The van der Waals surface area contributed by atoms with Crippen LogP contribution in [0.4, 0.5) is 4.39 Å². The molecule has 0 radical (unpaired) electrons. The molecule has 1 aromatic heterocycles. The van der Waals surface area contributed by atoms with E-state index >= 15 is 0 Å². The molecule has 0 spiro atoms. The molecule has 1 fully saturated rings. The van der Waals surface area contributed by atoms with Crippen molar-refractivity contribution in [1.29, 1.82) is 0 Å². The molecule has 1 atom stereocenters. The highest BCUT2D eigenvalue weighted by Crippen LogP contribution is 2.23. The second kappa shape index (κ2) is 3.83. The lowest BCUT2D eigenvalue weighted by Crippen LogP contribution is -2.27. The van der Waals surface area contributed by atoms with Gasteiger partial charge in [0.2, 0.25) is 0 Å². The highest BCUT2D eigenvalue weighted by molar-refractivity contribution is 5.16. The van der Waals surface area contributed by atoms with Crippen molar-refractivity contribution in [2.75, 3.05) is 6.54 Å². The van der Waals surface area contributed by atoms with Crippen LogP contribution in [0, 0.1) is 5.82 Å². The van der Waals surface area contributed by atoms with E-state index < -0.39 is 0 Å². The number of nitrogens with zero attached hydrogens (tertiary/aromatic N) is 1. The maximum Gasteiger partial charge on any atom is 0.131 e. The van der Waals surface area contributed by atoms with Crippen molar-refractivity contribution in [3.8, 4) is 0 Å². The van der Waals surface area contributed by atoms with E-state index in [1.807, 2.05) is 0 Å². The topological polar surface area (TPSA) is 24.9 Å². The lowest BCUT2D eigenvalue weighted by atomic mass is 9.99. The number of halogens is 1. The highest BCUT2D eigenvalue weighted by Gasteiger charge is 2.17. The summed E-state index contributed by atoms with van der Waals surface area (Å²) in [5.74, 6) is -0.144. The normalized spacial score (nSPS) is 23.0. The van der Waals surface area contributed by atoms with E-state index in [9.17, 15) is 4.39 Å². The van der Waals surface area contributed by atoms with Gasteiger partial charge in [0.15, 0.2) is 0 Å². The number of nitrogens with one attached hydrogen (secondary N) is 1. The van der Waals surface area contributed by atoms with Crippen LogP contribution in [-0.4, -0.2) is 11.5 Å². The average molecular weight is 180 g/mol. The van der Waals surface area contributed by atoms with Gasteiger partial charge in [-0.1, -0.05) is 6.42 Å². The first-order chi connectivity index (χ1) is 6.38. The van der Waals surface area contributed by atoms with Crippen molar-refractivity contribution in [3.05, 3.63) is 29.8 Å². The van der Waals surface area contributed by atoms with E-state index in [1.165, 1.54) is 25.1 Å². The van der Waals surface area contributed by atoms with Gasteiger partial charge in [-0.25, -0.2) is 4.39 Å². The van der Waals surface area contributed by atoms with E-state index in [2.05, 4.69) is 10.3 Å². The SMILES string of the molecule is Fc1ccncc1[C@@H]1CCCCN1. The van der Waals surface area contributed by atoms with Crippen molar-refractivity contribution in [3.63, 3.8) is 0 Å². The largest absolute Gasteiger partial charge is 0.310 e. The predicted molar refractivity (Wildman–Crippen MR) is 48.8 cm³/mol. The summed E-state index contributed by atoms with van der Waals surface area (Å²) in [7, 11) is 0. The van der Waals surface area contributed by atoms with Crippen LogP contribution in [0.1, 0.15) is 30.9 Å². The molecule has 0 unspecified atom stereocenters. The van der Waals surface area contributed by atoms with Crippen molar-refractivity contribution < 1.29 is 4.39 Å². The van der Waals surface area contributed by atoms with Crippen LogP contribution in [0.5, 0.6) is 0 Å². The molecule has 0 bridgehead atoms. The number of pyridine rings is 1. The lowest BCUT2D eigenvalue weighted by molar-refractivity contribution is 0.399. The van der Waals surface area contributed by atoms with Crippen molar-refractivity contribution in [2.24, 2.45) is 0 Å². The molecule has 1 aromatic rings. The second-order valence-corrected chi connectivity index (χ2v) is 3.40. The summed E-state index contributed by atoms with van der Waals surface area (Å²) in [5, 5.41) is 3.30. The van der Waals surface area contributed by atoms with Crippen LogP contribution in [0.3, 0.4) is 0 Å². The van der Waals surface area contributed by atoms with E-state index in [0.717, 1.165) is 13.0 Å². The van der Waals surface area contributed by atoms with Crippen molar-refractivity contribution in [2.45, 2.75) is 25.3 Å². The highest BCUT2D eigenvalue weighted by atomic mass is 19.1. The lowest BCUT2D eigenvalue weighted by Gasteiger charge is -2.23. The Bertz CT molecular complexity index is 282. The smallest absolute Gasteiger partial charge is 0.131 e. The van der Waals surface area contributed by atoms with Crippen LogP contribution in [0.2, 0.25) is 0 Å². The molecule has 3 heteroatoms. The number of hydrogen-bond donors (Lipinski definition) is 1. The quantitative estimate of drug-likeness (QED) is 0.715. The third kappa shape index (κ3) is 1.86. The number of hydrogen-bond acceptors (Lipinski definition) is 2. The first-order valence-corrected chi connectivity index (χ1v) is 4.71. The summed E-state index contributed by atoms with van der Waals surface area (Å²) in [6.45, 7) is 0.985. The Balaban J connectivity index is 2.18. The van der Waals surface area contributed by atoms with Gasteiger partial charge >= 0.3 is 0 Å². The Hall–Kier alpha value is -0.960. The first kappa shape index (κ1) is 8.63. The Morgan fingerprint density at radius 1 is 1.46 bits per heavy atom. The fraction of sp³-hybridized carbons (Fsp3) is 0.500. The summed E-state index contributed by atoms with van der Waals surface area (Å²) in [4.78, 5) is 3.94. The molecule has 2 heterocycles. The van der Waals surface area contributed by atoms with Gasteiger partial charge in [0.1, 0.15) is 5.82 Å². The molecule has 2 nitrogen and oxygen atoms in total. The van der Waals surface area contributed by atoms with Crippen LogP contribution in [0.15, 0.2) is 18.5 Å². The number of rotatable bonds is 1. The Morgan fingerprint density at radius 2 is 2.38 bits per heavy atom. The Kier molecular flexibility index (Phi) is 2.54. The second-order valence-electron chi connectivity index (χ2n) is 3.40. The average Bonchev–Trinajstić information content (AvgIpc) is 2.20. The van der Waals surface area contributed by atoms with Gasteiger partial charge in [-0.15, -0.1) is 0 Å². The Labute approximate surface area is 77.2 Å². The predicted octanol–water partition coefficient (Wildman–Crippen LogP) is 2.04. The van der Waals surface area contributed by atoms with E-state index in [4.69, 9.17) is 0 Å². The number of piperidine rings is 1. The van der Waals surface area contributed by atoms with Crippen molar-refractivity contribution >= 4 is 0 Å². The van der Waals surface area contributed by atoms with E-state index in [0.29, 0.717) is 5.56 Å². The summed E-state index contributed by atoms with van der Waals surface area (Å²) in [6, 6.07) is 1.59. The third-order valence-corrected chi connectivity index (χ3v) is 2.48. The fourth-order valence-electron chi connectivity index (χ4n) is 1.76. The monoisotopic (exact) mass is 180 g/mol. The van der Waals surface area contributed by atoms with Crippen LogP contribution in [0.25, 0.3) is 0 Å². The molecule has 0 aliphatic carbocycles. The standard InChI is InChI=1S/C10H13FN2/c11-9-4-6-12-7-8(9)10-3-1-2-5-13-10/h4,6-7,10,13H,1-3,5H2/t10-/m0/s1. The maximum absolute atomic E-state index is 13.3. The molecule has 13 heavy (non-hydrogen) atoms. The molecule has 1 saturated heterocycles. The molecule has 70 valence electrons. The fourth-order valence-corrected chi connectivity index (χ4v) is 1.76. The molecule has 1 aliphatic heterocycles. The van der Waals surface area contributed by atoms with E-state index in [1.54, 1.807) is 6.20 Å². The molecule has 0 aromatic carbocycles. The summed E-state index contributed by atoms with van der Waals surface area (Å²) in [6.07, 6.45) is 6.49. The van der Waals surface area contributed by atoms with Gasteiger partial charge in [-0.05, 0) is 25.5 Å². The zero-order valence-electron chi connectivity index (χ0n) is 7.46. The van der Waals surface area contributed by atoms with Crippen molar-refractivity contribution in [1.82, 2.24) is 10.3 Å². The minimum Gasteiger partial charge on any atom is -0.310 e. The number of aromatic nitrogens is 1. The van der Waals surface area contributed by atoms with Gasteiger partial charge in [0.25, 0.3) is 0 Å². The van der Waals surface area contributed by atoms with E-state index in [-0.39, 0.29) is 11.9 Å². The van der Waals surface area contributed by atoms with Gasteiger partial charge in [0.05, 0.1) is 0 Å². The van der Waals surface area contributed by atoms with Gasteiger partial charge in [0, 0.05) is 24.0 Å². The first-order valence-electron chi connectivity index (χ1n) is 4.71. The summed E-state index contributed by atoms with van der Waals surface area (Å²) >= 11 is 0. The molecule has 2 rings (SSSR count). The molecular formula is C10H13FN2. The molecule has 0 saturated carbocycles. The maximum atomic E-state index is 13.3. The Morgan fingerprint density at radius 3 is 3.08 bits per heavy atom. The molecular weight excluding hydrogens is 167 g/mol. The summed E-state index contributed by atoms with van der Waals surface area (Å²) < 4.78 is 13.3. The minimum absolute atomic E-state index is 0.144. The van der Waals surface area contributed by atoms with Crippen LogP contribution >= 0.6 is 0 Å². The van der Waals surface area contributed by atoms with Crippen LogP contribution in [-0.2, 0) is 0 Å². The zero-order chi connectivity index (χ0) is 9.10. The van der Waals surface area contributed by atoms with Gasteiger partial charge in [-0.3, -0.25) is 4.98 Å². The van der Waals surface area contributed by atoms with Gasteiger partial charge < -0.3 is 5.32 Å². The molecule has 1 aliphatic rings. The van der Waals surface area contributed by atoms with Gasteiger partial charge in [-0.2, -0.15) is 0 Å². The summed E-state index contributed by atoms with van der Waals surface area (Å²) in [5.41, 5.74) is 0.710. The third-order valence-electron chi connectivity index (χ3n) is 2.48. The molecule has 1 N–H and O–H groups in total. The minimum atomic E-state index is -0.144. The molecule has 0 amide bonds.